The molecule has 14 heavy (non-hydrogen) atoms. The lowest BCUT2D eigenvalue weighted by atomic mass is 10.2. The van der Waals surface area contributed by atoms with Crippen LogP contribution in [0.5, 0.6) is 0 Å². The Balaban J connectivity index is 4.13. The van der Waals surface area contributed by atoms with Crippen molar-refractivity contribution in [2.75, 3.05) is 13.6 Å². The summed E-state index contributed by atoms with van der Waals surface area (Å²) in [5.74, 6) is 0. The third kappa shape index (κ3) is 5.41. The molecule has 3 heteroatoms. The number of hydrogen-bond donors (Lipinski definition) is 0. The van der Waals surface area contributed by atoms with Crippen molar-refractivity contribution in [3.05, 3.63) is 24.8 Å². The zero-order chi connectivity index (χ0) is 11.4. The van der Waals surface area contributed by atoms with Gasteiger partial charge in [0.05, 0.1) is 0 Å². The SMILES string of the molecule is C=CC(=C)CN(C)C(=O)OC(C)(C)C. The summed E-state index contributed by atoms with van der Waals surface area (Å²) in [6.07, 6.45) is 1.28. The van der Waals surface area contributed by atoms with Gasteiger partial charge in [0.2, 0.25) is 0 Å². The molecule has 80 valence electrons. The molecule has 0 rings (SSSR count). The molecule has 0 radical (unpaired) electrons. The molecule has 0 aliphatic heterocycles. The molecule has 0 saturated heterocycles. The van der Waals surface area contributed by atoms with Crippen LogP contribution in [0.4, 0.5) is 4.79 Å². The Morgan fingerprint density at radius 1 is 1.50 bits per heavy atom. The fraction of sp³-hybridized carbons (Fsp3) is 0.545. The van der Waals surface area contributed by atoms with Gasteiger partial charge in [0, 0.05) is 13.6 Å². The monoisotopic (exact) mass is 197 g/mol. The summed E-state index contributed by atoms with van der Waals surface area (Å²) in [4.78, 5) is 12.9. The van der Waals surface area contributed by atoms with Gasteiger partial charge in [-0.1, -0.05) is 19.2 Å². The number of amides is 1. The summed E-state index contributed by atoms with van der Waals surface area (Å²) < 4.78 is 5.16. The molecule has 1 amide bonds. The van der Waals surface area contributed by atoms with Crippen LogP contribution in [-0.4, -0.2) is 30.2 Å². The highest BCUT2D eigenvalue weighted by Crippen LogP contribution is 2.09. The zero-order valence-electron chi connectivity index (χ0n) is 9.46. The van der Waals surface area contributed by atoms with E-state index in [1.807, 2.05) is 20.8 Å². The first kappa shape index (κ1) is 12.8. The third-order valence-electron chi connectivity index (χ3n) is 1.43. The number of hydrogen-bond acceptors (Lipinski definition) is 2. The Hall–Kier alpha value is -1.25. The Morgan fingerprint density at radius 3 is 2.36 bits per heavy atom. The number of carbonyl (C=O) groups is 1. The molecule has 0 bridgehead atoms. The zero-order valence-corrected chi connectivity index (χ0v) is 9.46. The molecule has 0 spiro atoms. The number of rotatable bonds is 3. The van der Waals surface area contributed by atoms with Crippen LogP contribution in [0.15, 0.2) is 24.8 Å². The minimum atomic E-state index is -0.457. The van der Waals surface area contributed by atoms with E-state index in [0.717, 1.165) is 5.57 Å². The van der Waals surface area contributed by atoms with Gasteiger partial charge >= 0.3 is 6.09 Å². The van der Waals surface area contributed by atoms with E-state index in [1.165, 1.54) is 4.90 Å². The molecule has 0 saturated carbocycles. The Labute approximate surface area is 86.0 Å². The lowest BCUT2D eigenvalue weighted by molar-refractivity contribution is 0.0315. The molecule has 0 aromatic rings. The van der Waals surface area contributed by atoms with Gasteiger partial charge in [-0.25, -0.2) is 4.79 Å². The molecule has 0 aliphatic carbocycles. The van der Waals surface area contributed by atoms with Crippen molar-refractivity contribution in [1.29, 1.82) is 0 Å². The van der Waals surface area contributed by atoms with Crippen molar-refractivity contribution < 1.29 is 9.53 Å². The molecular weight excluding hydrogens is 178 g/mol. The smallest absolute Gasteiger partial charge is 0.410 e. The van der Waals surface area contributed by atoms with E-state index < -0.39 is 5.60 Å². The van der Waals surface area contributed by atoms with Crippen LogP contribution >= 0.6 is 0 Å². The van der Waals surface area contributed by atoms with Crippen molar-refractivity contribution in [2.24, 2.45) is 0 Å². The summed E-state index contributed by atoms with van der Waals surface area (Å²) >= 11 is 0. The van der Waals surface area contributed by atoms with E-state index in [1.54, 1.807) is 13.1 Å². The highest BCUT2D eigenvalue weighted by atomic mass is 16.6. The predicted octanol–water partition coefficient (Wildman–Crippen LogP) is 2.60. The van der Waals surface area contributed by atoms with Gasteiger partial charge in [0.15, 0.2) is 0 Å². The summed E-state index contributed by atoms with van der Waals surface area (Å²) in [7, 11) is 1.67. The van der Waals surface area contributed by atoms with Crippen LogP contribution in [0.1, 0.15) is 20.8 Å². The molecule has 0 unspecified atom stereocenters. The topological polar surface area (TPSA) is 29.5 Å². The summed E-state index contributed by atoms with van der Waals surface area (Å²) in [6, 6.07) is 0. The molecule has 0 aromatic heterocycles. The minimum Gasteiger partial charge on any atom is -0.444 e. The number of carbonyl (C=O) groups excluding carboxylic acids is 1. The maximum absolute atomic E-state index is 11.4. The summed E-state index contributed by atoms with van der Waals surface area (Å²) in [6.45, 7) is 13.2. The molecule has 0 atom stereocenters. The molecule has 0 N–H and O–H groups in total. The van der Waals surface area contributed by atoms with Gasteiger partial charge in [-0.2, -0.15) is 0 Å². The number of nitrogens with zero attached hydrogens (tertiary/aromatic N) is 1. The number of ether oxygens (including phenoxy) is 1. The molecular formula is C11H19NO2. The van der Waals surface area contributed by atoms with E-state index in [2.05, 4.69) is 13.2 Å². The standard InChI is InChI=1S/C11H19NO2/c1-7-9(2)8-12(6)10(13)14-11(3,4)5/h7H,1-2,8H2,3-6H3. The lowest BCUT2D eigenvalue weighted by Crippen LogP contribution is -2.35. The minimum absolute atomic E-state index is 0.347. The van der Waals surface area contributed by atoms with Gasteiger partial charge in [0.25, 0.3) is 0 Å². The van der Waals surface area contributed by atoms with E-state index in [4.69, 9.17) is 4.74 Å². The first-order chi connectivity index (χ1) is 6.26. The fourth-order valence-corrected chi connectivity index (χ4v) is 0.774. The van der Waals surface area contributed by atoms with Crippen LogP contribution in [0, 0.1) is 0 Å². The van der Waals surface area contributed by atoms with Crippen molar-refractivity contribution >= 4 is 6.09 Å². The summed E-state index contributed by atoms with van der Waals surface area (Å²) in [5, 5.41) is 0. The summed E-state index contributed by atoms with van der Waals surface area (Å²) in [5.41, 5.74) is 0.333. The Bertz CT molecular complexity index is 238. The van der Waals surface area contributed by atoms with Gasteiger partial charge in [-0.05, 0) is 26.3 Å². The second-order valence-corrected chi connectivity index (χ2v) is 4.20. The van der Waals surface area contributed by atoms with Gasteiger partial charge in [0.1, 0.15) is 5.60 Å². The second-order valence-electron chi connectivity index (χ2n) is 4.20. The molecule has 0 fully saturated rings. The first-order valence-electron chi connectivity index (χ1n) is 4.50. The maximum atomic E-state index is 11.4. The molecule has 0 aliphatic rings. The number of likely N-dealkylation sites (N-methyl/N-ethyl adjacent to an activating group) is 1. The van der Waals surface area contributed by atoms with Crippen LogP contribution in [0.2, 0.25) is 0 Å². The van der Waals surface area contributed by atoms with Crippen molar-refractivity contribution in [3.63, 3.8) is 0 Å². The van der Waals surface area contributed by atoms with Crippen LogP contribution in [0.3, 0.4) is 0 Å². The average molecular weight is 197 g/mol. The fourth-order valence-electron chi connectivity index (χ4n) is 0.774. The van der Waals surface area contributed by atoms with E-state index in [-0.39, 0.29) is 6.09 Å². The largest absolute Gasteiger partial charge is 0.444 e. The quantitative estimate of drug-likeness (QED) is 0.651. The van der Waals surface area contributed by atoms with Crippen molar-refractivity contribution in [2.45, 2.75) is 26.4 Å². The van der Waals surface area contributed by atoms with Crippen LogP contribution in [-0.2, 0) is 4.74 Å². The molecule has 0 heterocycles. The van der Waals surface area contributed by atoms with E-state index in [0.29, 0.717) is 6.54 Å². The second kappa shape index (κ2) is 4.84. The van der Waals surface area contributed by atoms with Crippen LogP contribution in [0.25, 0.3) is 0 Å². The molecule has 0 aromatic carbocycles. The third-order valence-corrected chi connectivity index (χ3v) is 1.43. The van der Waals surface area contributed by atoms with Crippen molar-refractivity contribution in [3.8, 4) is 0 Å². The predicted molar refractivity (Wildman–Crippen MR) is 58.2 cm³/mol. The lowest BCUT2D eigenvalue weighted by Gasteiger charge is -2.24. The van der Waals surface area contributed by atoms with Gasteiger partial charge in [-0.3, -0.25) is 0 Å². The Kier molecular flexibility index (Phi) is 4.41. The van der Waals surface area contributed by atoms with Crippen molar-refractivity contribution in [1.82, 2.24) is 4.90 Å². The van der Waals surface area contributed by atoms with E-state index >= 15 is 0 Å². The van der Waals surface area contributed by atoms with E-state index in [9.17, 15) is 4.79 Å². The van der Waals surface area contributed by atoms with Gasteiger partial charge in [-0.15, -0.1) is 0 Å². The first-order valence-corrected chi connectivity index (χ1v) is 4.50. The normalized spacial score (nSPS) is 10.6. The van der Waals surface area contributed by atoms with Crippen LogP contribution < -0.4 is 0 Å². The maximum Gasteiger partial charge on any atom is 0.410 e. The van der Waals surface area contributed by atoms with Gasteiger partial charge < -0.3 is 9.64 Å². The highest BCUT2D eigenvalue weighted by molar-refractivity contribution is 5.68. The Morgan fingerprint density at radius 2 is 2.00 bits per heavy atom. The highest BCUT2D eigenvalue weighted by Gasteiger charge is 2.19. The average Bonchev–Trinajstić information content (AvgIpc) is 2.00. The molecule has 3 nitrogen and oxygen atoms in total.